The van der Waals surface area contributed by atoms with Gasteiger partial charge in [0.05, 0.1) is 17.3 Å². The highest BCUT2D eigenvalue weighted by Crippen LogP contribution is 2.22. The van der Waals surface area contributed by atoms with E-state index in [1.807, 2.05) is 35.1 Å². The van der Waals surface area contributed by atoms with Crippen molar-refractivity contribution in [2.45, 2.75) is 13.0 Å². The molecule has 0 bridgehead atoms. The highest BCUT2D eigenvalue weighted by molar-refractivity contribution is 5.75. The molecule has 0 spiro atoms. The van der Waals surface area contributed by atoms with Gasteiger partial charge in [-0.15, -0.1) is 5.10 Å². The molecule has 21 heavy (non-hydrogen) atoms. The number of aromatic nitrogens is 5. The molecule has 4 heterocycles. The van der Waals surface area contributed by atoms with Crippen LogP contribution in [0.4, 0.5) is 5.95 Å². The summed E-state index contributed by atoms with van der Waals surface area (Å²) in [7, 11) is 0. The number of fused-ring (bicyclic) bond motifs is 1. The Balaban J connectivity index is 1.68. The molecule has 3 aromatic rings. The maximum Gasteiger partial charge on any atom is 0.245 e. The predicted molar refractivity (Wildman–Crippen MR) is 80.2 cm³/mol. The largest absolute Gasteiger partial charge is 0.337 e. The van der Waals surface area contributed by atoms with E-state index < -0.39 is 0 Å². The molecule has 7 nitrogen and oxygen atoms in total. The van der Waals surface area contributed by atoms with Crippen molar-refractivity contribution in [1.82, 2.24) is 30.1 Å². The molecule has 2 N–H and O–H groups in total. The summed E-state index contributed by atoms with van der Waals surface area (Å²) in [6.07, 6.45) is 3.74. The molecule has 0 radical (unpaired) electrons. The molecule has 0 amide bonds. The second-order valence-corrected chi connectivity index (χ2v) is 5.37. The van der Waals surface area contributed by atoms with Gasteiger partial charge < -0.3 is 10.2 Å². The Morgan fingerprint density at radius 3 is 3.19 bits per heavy atom. The van der Waals surface area contributed by atoms with E-state index in [0.717, 1.165) is 42.5 Å². The van der Waals surface area contributed by atoms with E-state index in [0.29, 0.717) is 6.04 Å². The lowest BCUT2D eigenvalue weighted by Gasteiger charge is -2.30. The van der Waals surface area contributed by atoms with Crippen molar-refractivity contribution in [2.24, 2.45) is 0 Å². The van der Waals surface area contributed by atoms with Gasteiger partial charge in [0.1, 0.15) is 0 Å². The van der Waals surface area contributed by atoms with Gasteiger partial charge in [0.25, 0.3) is 0 Å². The van der Waals surface area contributed by atoms with Gasteiger partial charge >= 0.3 is 0 Å². The minimum Gasteiger partial charge on any atom is -0.337 e. The molecular formula is C14H17N7. The summed E-state index contributed by atoms with van der Waals surface area (Å²) in [5.41, 5.74) is 1.99. The maximum absolute atomic E-state index is 4.64. The van der Waals surface area contributed by atoms with Crippen LogP contribution in [0, 0.1) is 0 Å². The van der Waals surface area contributed by atoms with Crippen molar-refractivity contribution in [2.75, 3.05) is 24.5 Å². The zero-order valence-corrected chi connectivity index (χ0v) is 11.8. The van der Waals surface area contributed by atoms with E-state index in [1.54, 1.807) is 0 Å². The fraction of sp³-hybridized carbons (Fsp3) is 0.357. The number of rotatable bonds is 2. The van der Waals surface area contributed by atoms with Crippen molar-refractivity contribution in [3.05, 3.63) is 30.6 Å². The molecule has 1 atom stereocenters. The van der Waals surface area contributed by atoms with Gasteiger partial charge in [-0.1, -0.05) is 6.07 Å². The third kappa shape index (κ3) is 2.15. The molecule has 4 rings (SSSR count). The van der Waals surface area contributed by atoms with Gasteiger partial charge in [0.15, 0.2) is 5.82 Å². The van der Waals surface area contributed by atoms with Crippen LogP contribution >= 0.6 is 0 Å². The molecule has 0 aliphatic carbocycles. The standard InChI is InChI=1S/C14H17N7/c1-10-9-20(7-5-15-10)14-17-13(18-19-14)11-8-16-21-6-3-2-4-12(11)21/h2-4,6,8,10,15H,5,7,9H2,1H3,(H,17,18,19)/t10-/m1/s1. The van der Waals surface area contributed by atoms with Gasteiger partial charge in [-0.05, 0) is 19.1 Å². The third-order valence-electron chi connectivity index (χ3n) is 3.81. The van der Waals surface area contributed by atoms with Crippen LogP contribution in [0.2, 0.25) is 0 Å². The number of hydrogen-bond donors (Lipinski definition) is 2. The zero-order valence-electron chi connectivity index (χ0n) is 11.8. The van der Waals surface area contributed by atoms with Gasteiger partial charge in [0, 0.05) is 31.9 Å². The fourth-order valence-corrected chi connectivity index (χ4v) is 2.75. The average Bonchev–Trinajstić information content (AvgIpc) is 3.14. The van der Waals surface area contributed by atoms with Crippen LogP contribution in [-0.2, 0) is 0 Å². The highest BCUT2D eigenvalue weighted by Gasteiger charge is 2.20. The summed E-state index contributed by atoms with van der Waals surface area (Å²) in [4.78, 5) is 6.84. The Kier molecular flexibility index (Phi) is 2.85. The number of nitrogens with one attached hydrogen (secondary N) is 2. The first kappa shape index (κ1) is 12.3. The average molecular weight is 283 g/mol. The van der Waals surface area contributed by atoms with Crippen LogP contribution in [0.5, 0.6) is 0 Å². The maximum atomic E-state index is 4.64. The lowest BCUT2D eigenvalue weighted by atomic mass is 10.2. The summed E-state index contributed by atoms with van der Waals surface area (Å²) >= 11 is 0. The fourth-order valence-electron chi connectivity index (χ4n) is 2.75. The lowest BCUT2D eigenvalue weighted by Crippen LogP contribution is -2.49. The van der Waals surface area contributed by atoms with Crippen LogP contribution in [0.15, 0.2) is 30.6 Å². The third-order valence-corrected chi connectivity index (χ3v) is 3.81. The van der Waals surface area contributed by atoms with Crippen molar-refractivity contribution >= 4 is 11.5 Å². The second kappa shape index (κ2) is 4.85. The Hall–Kier alpha value is -2.41. The number of hydrogen-bond acceptors (Lipinski definition) is 5. The van der Waals surface area contributed by atoms with Crippen molar-refractivity contribution < 1.29 is 0 Å². The first-order chi connectivity index (χ1) is 10.3. The smallest absolute Gasteiger partial charge is 0.245 e. The molecule has 0 saturated carbocycles. The number of anilines is 1. The van der Waals surface area contributed by atoms with Crippen LogP contribution < -0.4 is 10.2 Å². The molecule has 108 valence electrons. The highest BCUT2D eigenvalue weighted by atomic mass is 15.4. The number of H-pyrrole nitrogens is 1. The van der Waals surface area contributed by atoms with Gasteiger partial charge in [-0.25, -0.2) is 4.52 Å². The van der Waals surface area contributed by atoms with E-state index in [9.17, 15) is 0 Å². The van der Waals surface area contributed by atoms with Crippen LogP contribution in [-0.4, -0.2) is 50.5 Å². The number of aromatic amines is 1. The first-order valence-corrected chi connectivity index (χ1v) is 7.15. The molecule has 1 fully saturated rings. The normalized spacial score (nSPS) is 19.3. The van der Waals surface area contributed by atoms with Gasteiger partial charge in [0.2, 0.25) is 5.95 Å². The monoisotopic (exact) mass is 283 g/mol. The van der Waals surface area contributed by atoms with Crippen molar-refractivity contribution in [3.63, 3.8) is 0 Å². The van der Waals surface area contributed by atoms with Crippen LogP contribution in [0.25, 0.3) is 16.9 Å². The van der Waals surface area contributed by atoms with E-state index >= 15 is 0 Å². The Morgan fingerprint density at radius 2 is 2.29 bits per heavy atom. The Bertz CT molecular complexity index is 759. The number of pyridine rings is 1. The van der Waals surface area contributed by atoms with Crippen LogP contribution in [0.3, 0.4) is 0 Å². The summed E-state index contributed by atoms with van der Waals surface area (Å²) in [5, 5.41) is 15.2. The first-order valence-electron chi connectivity index (χ1n) is 7.15. The molecule has 1 aliphatic rings. The molecule has 1 saturated heterocycles. The minimum atomic E-state index is 0.456. The Labute approximate surface area is 122 Å². The summed E-state index contributed by atoms with van der Waals surface area (Å²) < 4.78 is 1.84. The van der Waals surface area contributed by atoms with Gasteiger partial charge in [-0.3, -0.25) is 5.10 Å². The van der Waals surface area contributed by atoms with E-state index in [-0.39, 0.29) is 0 Å². The molecule has 7 heteroatoms. The molecule has 0 aromatic carbocycles. The number of nitrogens with zero attached hydrogens (tertiary/aromatic N) is 5. The van der Waals surface area contributed by atoms with Gasteiger partial charge in [-0.2, -0.15) is 10.1 Å². The summed E-state index contributed by atoms with van der Waals surface area (Å²) in [6, 6.07) is 6.43. The van der Waals surface area contributed by atoms with Crippen molar-refractivity contribution in [1.29, 1.82) is 0 Å². The predicted octanol–water partition coefficient (Wildman–Crippen LogP) is 0.917. The van der Waals surface area contributed by atoms with Crippen LogP contribution in [0.1, 0.15) is 6.92 Å². The zero-order chi connectivity index (χ0) is 14.2. The van der Waals surface area contributed by atoms with E-state index in [1.165, 1.54) is 0 Å². The SMILES string of the molecule is C[C@@H]1CN(c2n[nH]c(-c3cnn4ccccc34)n2)CCN1. The summed E-state index contributed by atoms with van der Waals surface area (Å²) in [5.74, 6) is 1.52. The quantitative estimate of drug-likeness (QED) is 0.731. The second-order valence-electron chi connectivity index (χ2n) is 5.37. The molecule has 3 aromatic heterocycles. The van der Waals surface area contributed by atoms with E-state index in [4.69, 9.17) is 0 Å². The van der Waals surface area contributed by atoms with E-state index in [2.05, 4.69) is 37.4 Å². The minimum absolute atomic E-state index is 0.456. The Morgan fingerprint density at radius 1 is 1.33 bits per heavy atom. The summed E-state index contributed by atoms with van der Waals surface area (Å²) in [6.45, 7) is 4.98. The molecule has 1 aliphatic heterocycles. The topological polar surface area (TPSA) is 74.1 Å². The van der Waals surface area contributed by atoms with Crippen molar-refractivity contribution in [3.8, 4) is 11.4 Å². The number of piperazine rings is 1. The molecule has 0 unspecified atom stereocenters. The lowest BCUT2D eigenvalue weighted by molar-refractivity contribution is 0.480. The molecular weight excluding hydrogens is 266 g/mol.